The van der Waals surface area contributed by atoms with Gasteiger partial charge in [0.05, 0.1) is 21.9 Å². The molecular formula is C15H12BrN3O. The second-order valence-electron chi connectivity index (χ2n) is 4.42. The van der Waals surface area contributed by atoms with Gasteiger partial charge in [-0.15, -0.1) is 0 Å². The minimum Gasteiger partial charge on any atom is -0.438 e. The van der Waals surface area contributed by atoms with Crippen LogP contribution in [-0.4, -0.2) is 9.97 Å². The molecule has 0 amide bonds. The Bertz CT molecular complexity index is 789. The van der Waals surface area contributed by atoms with Gasteiger partial charge in [0, 0.05) is 17.6 Å². The van der Waals surface area contributed by atoms with E-state index in [1.54, 1.807) is 12.4 Å². The van der Waals surface area contributed by atoms with Crippen LogP contribution in [0.25, 0.3) is 10.9 Å². The predicted molar refractivity (Wildman–Crippen MR) is 82.9 cm³/mol. The molecule has 0 spiro atoms. The zero-order valence-electron chi connectivity index (χ0n) is 10.8. The van der Waals surface area contributed by atoms with Gasteiger partial charge in [-0.2, -0.15) is 0 Å². The number of pyridine rings is 2. The van der Waals surface area contributed by atoms with Crippen LogP contribution in [0.1, 0.15) is 5.56 Å². The molecule has 0 aliphatic heterocycles. The summed E-state index contributed by atoms with van der Waals surface area (Å²) in [7, 11) is 0. The average Bonchev–Trinajstić information content (AvgIpc) is 2.48. The standard InChI is InChI=1S/C15H12BrN3O/c1-9-12(17)8-19-15(14(9)16)20-11-5-4-10-3-2-6-18-13(10)7-11/h2-8H,17H2,1H3. The molecule has 20 heavy (non-hydrogen) atoms. The first-order valence-electron chi connectivity index (χ1n) is 6.08. The van der Waals surface area contributed by atoms with E-state index >= 15 is 0 Å². The molecule has 0 unspecified atom stereocenters. The minimum atomic E-state index is 0.493. The molecule has 0 bridgehead atoms. The number of nitrogen functional groups attached to an aromatic ring is 1. The quantitative estimate of drug-likeness (QED) is 0.769. The summed E-state index contributed by atoms with van der Waals surface area (Å²) in [6.45, 7) is 1.91. The number of rotatable bonds is 2. The van der Waals surface area contributed by atoms with E-state index in [1.807, 2.05) is 37.3 Å². The lowest BCUT2D eigenvalue weighted by Crippen LogP contribution is -1.96. The summed E-state index contributed by atoms with van der Waals surface area (Å²) >= 11 is 3.46. The Balaban J connectivity index is 1.99. The van der Waals surface area contributed by atoms with Crippen LogP contribution < -0.4 is 10.5 Å². The SMILES string of the molecule is Cc1c(N)cnc(Oc2ccc3cccnc3c2)c1Br. The number of hydrogen-bond donors (Lipinski definition) is 1. The lowest BCUT2D eigenvalue weighted by molar-refractivity contribution is 0.460. The van der Waals surface area contributed by atoms with Gasteiger partial charge in [-0.3, -0.25) is 4.98 Å². The van der Waals surface area contributed by atoms with Crippen molar-refractivity contribution in [3.05, 3.63) is 52.8 Å². The van der Waals surface area contributed by atoms with E-state index in [2.05, 4.69) is 25.9 Å². The zero-order chi connectivity index (χ0) is 14.1. The van der Waals surface area contributed by atoms with Crippen molar-refractivity contribution in [2.75, 3.05) is 5.73 Å². The van der Waals surface area contributed by atoms with Crippen LogP contribution >= 0.6 is 15.9 Å². The molecule has 2 aromatic heterocycles. The smallest absolute Gasteiger partial charge is 0.234 e. The number of benzene rings is 1. The number of ether oxygens (including phenoxy) is 1. The molecule has 0 fully saturated rings. The van der Waals surface area contributed by atoms with E-state index in [0.717, 1.165) is 20.9 Å². The van der Waals surface area contributed by atoms with Gasteiger partial charge >= 0.3 is 0 Å². The first-order chi connectivity index (χ1) is 9.65. The van der Waals surface area contributed by atoms with Crippen molar-refractivity contribution >= 4 is 32.5 Å². The third kappa shape index (κ3) is 2.32. The topological polar surface area (TPSA) is 61.0 Å². The first kappa shape index (κ1) is 12.9. The van der Waals surface area contributed by atoms with Crippen LogP contribution in [0.3, 0.4) is 0 Å². The fourth-order valence-electron chi connectivity index (χ4n) is 1.86. The Labute approximate surface area is 124 Å². The van der Waals surface area contributed by atoms with E-state index in [4.69, 9.17) is 10.5 Å². The maximum absolute atomic E-state index is 5.80. The Morgan fingerprint density at radius 3 is 2.90 bits per heavy atom. The first-order valence-corrected chi connectivity index (χ1v) is 6.87. The molecule has 3 aromatic rings. The molecule has 0 aliphatic rings. The molecule has 2 heterocycles. The highest BCUT2D eigenvalue weighted by Crippen LogP contribution is 2.33. The number of aromatic nitrogens is 2. The van der Waals surface area contributed by atoms with Gasteiger partial charge in [-0.25, -0.2) is 4.98 Å². The summed E-state index contributed by atoms with van der Waals surface area (Å²) in [5.41, 5.74) is 8.22. The second kappa shape index (κ2) is 5.09. The number of fused-ring (bicyclic) bond motifs is 1. The summed E-state index contributed by atoms with van der Waals surface area (Å²) in [6.07, 6.45) is 3.35. The third-order valence-corrected chi connectivity index (χ3v) is 4.00. The van der Waals surface area contributed by atoms with Crippen molar-refractivity contribution in [1.29, 1.82) is 0 Å². The molecule has 0 saturated heterocycles. The van der Waals surface area contributed by atoms with Crippen LogP contribution in [0.15, 0.2) is 47.2 Å². The van der Waals surface area contributed by atoms with Crippen LogP contribution in [0.2, 0.25) is 0 Å². The Kier molecular flexibility index (Phi) is 3.28. The van der Waals surface area contributed by atoms with Gasteiger partial charge in [0.15, 0.2) is 0 Å². The average molecular weight is 330 g/mol. The van der Waals surface area contributed by atoms with Gasteiger partial charge in [0.1, 0.15) is 5.75 Å². The van der Waals surface area contributed by atoms with Crippen molar-refractivity contribution in [1.82, 2.24) is 9.97 Å². The van der Waals surface area contributed by atoms with Gasteiger partial charge < -0.3 is 10.5 Å². The number of hydrogen-bond acceptors (Lipinski definition) is 4. The summed E-state index contributed by atoms with van der Waals surface area (Å²) in [5.74, 6) is 1.18. The van der Waals surface area contributed by atoms with Gasteiger partial charge in [0.2, 0.25) is 5.88 Å². The van der Waals surface area contributed by atoms with E-state index in [9.17, 15) is 0 Å². The minimum absolute atomic E-state index is 0.493. The van der Waals surface area contributed by atoms with E-state index in [1.165, 1.54) is 0 Å². The van der Waals surface area contributed by atoms with Crippen LogP contribution in [0.4, 0.5) is 5.69 Å². The molecule has 1 aromatic carbocycles. The van der Waals surface area contributed by atoms with Crippen molar-refractivity contribution in [2.45, 2.75) is 6.92 Å². The predicted octanol–water partition coefficient (Wildman–Crippen LogP) is 4.08. The maximum atomic E-state index is 5.80. The highest BCUT2D eigenvalue weighted by atomic mass is 79.9. The number of halogens is 1. The van der Waals surface area contributed by atoms with E-state index in [0.29, 0.717) is 17.3 Å². The summed E-state index contributed by atoms with van der Waals surface area (Å²) < 4.78 is 6.56. The van der Waals surface area contributed by atoms with Crippen molar-refractivity contribution in [3.8, 4) is 11.6 Å². The fraction of sp³-hybridized carbons (Fsp3) is 0.0667. The summed E-state index contributed by atoms with van der Waals surface area (Å²) in [4.78, 5) is 8.50. The third-order valence-electron chi connectivity index (χ3n) is 3.06. The van der Waals surface area contributed by atoms with Crippen molar-refractivity contribution in [3.63, 3.8) is 0 Å². The zero-order valence-corrected chi connectivity index (χ0v) is 12.4. The van der Waals surface area contributed by atoms with Crippen molar-refractivity contribution in [2.24, 2.45) is 0 Å². The summed E-state index contributed by atoms with van der Waals surface area (Å²) in [5, 5.41) is 1.07. The van der Waals surface area contributed by atoms with Gasteiger partial charge in [-0.05, 0) is 46.6 Å². The molecule has 5 heteroatoms. The van der Waals surface area contributed by atoms with E-state index < -0.39 is 0 Å². The van der Waals surface area contributed by atoms with Gasteiger partial charge in [-0.1, -0.05) is 6.07 Å². The highest BCUT2D eigenvalue weighted by molar-refractivity contribution is 9.10. The Morgan fingerprint density at radius 1 is 1.20 bits per heavy atom. The van der Waals surface area contributed by atoms with Crippen LogP contribution in [-0.2, 0) is 0 Å². The Hall–Kier alpha value is -2.14. The number of anilines is 1. The lowest BCUT2D eigenvalue weighted by Gasteiger charge is -2.10. The summed E-state index contributed by atoms with van der Waals surface area (Å²) in [6, 6.07) is 9.66. The highest BCUT2D eigenvalue weighted by Gasteiger charge is 2.10. The van der Waals surface area contributed by atoms with Crippen LogP contribution in [0, 0.1) is 6.92 Å². The number of nitrogens with two attached hydrogens (primary N) is 1. The molecule has 4 nitrogen and oxygen atoms in total. The molecule has 100 valence electrons. The van der Waals surface area contributed by atoms with E-state index in [-0.39, 0.29) is 0 Å². The molecule has 0 saturated carbocycles. The van der Waals surface area contributed by atoms with Crippen molar-refractivity contribution < 1.29 is 4.74 Å². The molecule has 3 rings (SSSR count). The molecule has 0 radical (unpaired) electrons. The Morgan fingerprint density at radius 2 is 2.05 bits per heavy atom. The lowest BCUT2D eigenvalue weighted by atomic mass is 10.2. The largest absolute Gasteiger partial charge is 0.438 e. The second-order valence-corrected chi connectivity index (χ2v) is 5.21. The normalized spacial score (nSPS) is 10.7. The molecular weight excluding hydrogens is 318 g/mol. The fourth-order valence-corrected chi connectivity index (χ4v) is 2.27. The molecule has 0 aliphatic carbocycles. The maximum Gasteiger partial charge on any atom is 0.234 e. The monoisotopic (exact) mass is 329 g/mol. The molecule has 2 N–H and O–H groups in total. The van der Waals surface area contributed by atoms with Crippen LogP contribution in [0.5, 0.6) is 11.6 Å². The molecule has 0 atom stereocenters. The van der Waals surface area contributed by atoms with Gasteiger partial charge in [0.25, 0.3) is 0 Å². The number of nitrogens with zero attached hydrogens (tertiary/aromatic N) is 2.